The van der Waals surface area contributed by atoms with Gasteiger partial charge in [-0.15, -0.1) is 0 Å². The molecule has 3 aromatic carbocycles. The zero-order chi connectivity index (χ0) is 27.2. The molecule has 8 rings (SSSR count). The van der Waals surface area contributed by atoms with E-state index in [4.69, 9.17) is 9.97 Å². The predicted octanol–water partition coefficient (Wildman–Crippen LogP) is 7.94. The van der Waals surface area contributed by atoms with Crippen molar-refractivity contribution < 1.29 is 0 Å². The molecule has 1 aliphatic rings. The van der Waals surface area contributed by atoms with Crippen LogP contribution in [0.15, 0.2) is 127 Å². The van der Waals surface area contributed by atoms with Crippen molar-refractivity contribution in [3.63, 3.8) is 0 Å². The summed E-state index contributed by atoms with van der Waals surface area (Å²) in [5, 5.41) is 3.59. The quantitative estimate of drug-likeness (QED) is 0.233. The van der Waals surface area contributed by atoms with Crippen LogP contribution in [0.2, 0.25) is 0 Å². The van der Waals surface area contributed by atoms with Crippen LogP contribution in [0, 0.1) is 0 Å². The van der Waals surface area contributed by atoms with Crippen LogP contribution >= 0.6 is 0 Å². The monoisotopic (exact) mass is 527 g/mol. The molecule has 0 bridgehead atoms. The molecule has 5 heterocycles. The molecular weight excluding hydrogens is 502 g/mol. The molecule has 0 N–H and O–H groups in total. The van der Waals surface area contributed by atoms with Gasteiger partial charge >= 0.3 is 0 Å². The van der Waals surface area contributed by atoms with Crippen LogP contribution in [-0.2, 0) is 6.42 Å². The smallest absolute Gasteiger partial charge is 0.137 e. The number of aromatic nitrogens is 4. The topological polar surface area (TPSA) is 56.0 Å². The lowest BCUT2D eigenvalue weighted by atomic mass is 9.98. The number of nitrogens with zero attached hydrogens (tertiary/aromatic N) is 5. The van der Waals surface area contributed by atoms with Crippen LogP contribution in [-0.4, -0.2) is 32.3 Å². The second-order valence-corrected chi connectivity index (χ2v) is 10.3. The fourth-order valence-electron chi connectivity index (χ4n) is 5.94. The Bertz CT molecular complexity index is 2080. The SMILES string of the molecule is C1=NCCc2c1c1ccccc1n2-c1ccc(-c2cc(-c3ccncc3)nc(-c3cccc4ccccc34)c2)cn1. The summed E-state index contributed by atoms with van der Waals surface area (Å²) in [5.74, 6) is 0.916. The Labute approximate surface area is 237 Å². The van der Waals surface area contributed by atoms with E-state index in [0.29, 0.717) is 0 Å². The lowest BCUT2D eigenvalue weighted by Gasteiger charge is -2.14. The summed E-state index contributed by atoms with van der Waals surface area (Å²) >= 11 is 0. The van der Waals surface area contributed by atoms with E-state index in [-0.39, 0.29) is 0 Å². The van der Waals surface area contributed by atoms with E-state index in [1.807, 2.05) is 36.9 Å². The molecule has 0 radical (unpaired) electrons. The highest BCUT2D eigenvalue weighted by Crippen LogP contribution is 2.34. The van der Waals surface area contributed by atoms with E-state index >= 15 is 0 Å². The summed E-state index contributed by atoms with van der Waals surface area (Å²) in [6.45, 7) is 0.799. The van der Waals surface area contributed by atoms with Crippen molar-refractivity contribution >= 4 is 27.9 Å². The Hall–Kier alpha value is -5.42. The van der Waals surface area contributed by atoms with Gasteiger partial charge in [0.05, 0.1) is 16.9 Å². The van der Waals surface area contributed by atoms with Crippen LogP contribution in [0.3, 0.4) is 0 Å². The number of rotatable bonds is 4. The van der Waals surface area contributed by atoms with Crippen molar-refractivity contribution in [3.8, 4) is 39.5 Å². The zero-order valence-corrected chi connectivity index (χ0v) is 22.3. The number of benzene rings is 3. The molecule has 0 saturated carbocycles. The highest BCUT2D eigenvalue weighted by Gasteiger charge is 2.19. The number of pyridine rings is 3. The van der Waals surface area contributed by atoms with E-state index in [0.717, 1.165) is 57.9 Å². The summed E-state index contributed by atoms with van der Waals surface area (Å²) in [6, 6.07) is 36.0. The third kappa shape index (κ3) is 4.02. The first-order valence-electron chi connectivity index (χ1n) is 13.8. The first-order chi connectivity index (χ1) is 20.3. The van der Waals surface area contributed by atoms with Crippen molar-refractivity contribution in [2.75, 3.05) is 6.54 Å². The van der Waals surface area contributed by atoms with Gasteiger partial charge in [-0.25, -0.2) is 9.97 Å². The average Bonchev–Trinajstić information content (AvgIpc) is 3.39. The summed E-state index contributed by atoms with van der Waals surface area (Å²) in [7, 11) is 0. The second-order valence-electron chi connectivity index (χ2n) is 10.3. The number of hydrogen-bond donors (Lipinski definition) is 0. The van der Waals surface area contributed by atoms with E-state index < -0.39 is 0 Å². The summed E-state index contributed by atoms with van der Waals surface area (Å²) < 4.78 is 2.29. The molecule has 0 amide bonds. The molecule has 7 aromatic rings. The molecule has 5 heteroatoms. The number of para-hydroxylation sites is 1. The third-order valence-corrected chi connectivity index (χ3v) is 7.89. The Balaban J connectivity index is 1.28. The van der Waals surface area contributed by atoms with Crippen molar-refractivity contribution in [2.24, 2.45) is 4.99 Å². The van der Waals surface area contributed by atoms with Gasteiger partial charge in [-0.2, -0.15) is 0 Å². The van der Waals surface area contributed by atoms with Gasteiger partial charge in [0, 0.05) is 71.1 Å². The second kappa shape index (κ2) is 9.65. The van der Waals surface area contributed by atoms with Crippen molar-refractivity contribution in [1.82, 2.24) is 19.5 Å². The first kappa shape index (κ1) is 23.5. The molecule has 0 spiro atoms. The summed E-state index contributed by atoms with van der Waals surface area (Å²) in [5.41, 5.74) is 9.71. The van der Waals surface area contributed by atoms with Crippen LogP contribution in [0.5, 0.6) is 0 Å². The highest BCUT2D eigenvalue weighted by atomic mass is 15.1. The van der Waals surface area contributed by atoms with Gasteiger partial charge < -0.3 is 0 Å². The number of fused-ring (bicyclic) bond motifs is 4. The van der Waals surface area contributed by atoms with Crippen LogP contribution in [0.1, 0.15) is 11.3 Å². The maximum atomic E-state index is 5.13. The zero-order valence-electron chi connectivity index (χ0n) is 22.3. The van der Waals surface area contributed by atoms with Gasteiger partial charge in [-0.3, -0.25) is 14.5 Å². The minimum absolute atomic E-state index is 0.799. The summed E-state index contributed by atoms with van der Waals surface area (Å²) in [6.07, 6.45) is 8.51. The molecule has 194 valence electrons. The Morgan fingerprint density at radius 3 is 2.34 bits per heavy atom. The van der Waals surface area contributed by atoms with E-state index in [1.54, 1.807) is 0 Å². The molecule has 5 nitrogen and oxygen atoms in total. The van der Waals surface area contributed by atoms with Gasteiger partial charge in [0.1, 0.15) is 5.82 Å². The van der Waals surface area contributed by atoms with E-state index in [9.17, 15) is 0 Å². The van der Waals surface area contributed by atoms with Gasteiger partial charge in [0.25, 0.3) is 0 Å². The Kier molecular flexibility index (Phi) is 5.52. The molecular formula is C36H25N5. The maximum absolute atomic E-state index is 5.13. The molecule has 0 fully saturated rings. The van der Waals surface area contributed by atoms with Gasteiger partial charge in [-0.05, 0) is 58.8 Å². The predicted molar refractivity (Wildman–Crippen MR) is 167 cm³/mol. The lowest BCUT2D eigenvalue weighted by molar-refractivity contribution is 0.860. The molecule has 0 aliphatic carbocycles. The lowest BCUT2D eigenvalue weighted by Crippen LogP contribution is -2.08. The van der Waals surface area contributed by atoms with Gasteiger partial charge in [0.2, 0.25) is 0 Å². The van der Waals surface area contributed by atoms with Crippen molar-refractivity contribution in [2.45, 2.75) is 6.42 Å². The number of aliphatic imine (C=N–C) groups is 1. The molecule has 4 aromatic heterocycles. The van der Waals surface area contributed by atoms with Crippen LogP contribution in [0.4, 0.5) is 0 Å². The molecule has 0 unspecified atom stereocenters. The molecule has 41 heavy (non-hydrogen) atoms. The van der Waals surface area contributed by atoms with Crippen LogP contribution < -0.4 is 0 Å². The van der Waals surface area contributed by atoms with Crippen molar-refractivity contribution in [1.29, 1.82) is 0 Å². The average molecular weight is 528 g/mol. The van der Waals surface area contributed by atoms with Gasteiger partial charge in [-0.1, -0.05) is 60.7 Å². The normalized spacial score (nSPS) is 12.6. The highest BCUT2D eigenvalue weighted by molar-refractivity contribution is 6.02. The van der Waals surface area contributed by atoms with E-state index in [2.05, 4.69) is 106 Å². The fraction of sp³-hybridized carbons (Fsp3) is 0.0556. The standard InChI is InChI=1S/C36H25N5/c1-2-8-28-24(6-1)7-5-10-29(28)33-21-27(20-32(40-33)25-14-17-37-18-15-25)26-12-13-36(39-22-26)41-34-11-4-3-9-30(34)31-23-38-19-16-35(31)41/h1-15,17-18,20-23H,16,19H2. The third-order valence-electron chi connectivity index (χ3n) is 7.89. The molecule has 0 saturated heterocycles. The van der Waals surface area contributed by atoms with Crippen molar-refractivity contribution in [3.05, 3.63) is 133 Å². The van der Waals surface area contributed by atoms with Crippen LogP contribution in [0.25, 0.3) is 61.1 Å². The fourth-order valence-corrected chi connectivity index (χ4v) is 5.94. The van der Waals surface area contributed by atoms with Gasteiger partial charge in [0.15, 0.2) is 0 Å². The van der Waals surface area contributed by atoms with E-state index in [1.165, 1.54) is 27.4 Å². The minimum Gasteiger partial charge on any atom is -0.297 e. The summed E-state index contributed by atoms with van der Waals surface area (Å²) in [4.78, 5) is 18.9. The maximum Gasteiger partial charge on any atom is 0.137 e. The minimum atomic E-state index is 0.799. The first-order valence-corrected chi connectivity index (χ1v) is 13.8. The number of hydrogen-bond acceptors (Lipinski definition) is 4. The Morgan fingerprint density at radius 1 is 0.659 bits per heavy atom. The molecule has 0 atom stereocenters. The largest absolute Gasteiger partial charge is 0.297 e. The molecule has 1 aliphatic heterocycles. The Morgan fingerprint density at radius 2 is 1.46 bits per heavy atom.